The summed E-state index contributed by atoms with van der Waals surface area (Å²) in [5, 5.41) is 10.3. The molecule has 2 aliphatic heterocycles. The smallest absolute Gasteiger partial charge is 0.303 e. The minimum absolute atomic E-state index is 0.0380. The van der Waals surface area contributed by atoms with Crippen LogP contribution in [-0.4, -0.2) is 79.3 Å². The van der Waals surface area contributed by atoms with E-state index < -0.39 is 54.4 Å². The second-order valence-electron chi connectivity index (χ2n) is 10.7. The summed E-state index contributed by atoms with van der Waals surface area (Å²) in [6.07, 6.45) is -4.65. The minimum Gasteiger partial charge on any atom is -0.488 e. The predicted octanol–water partition coefficient (Wildman–Crippen LogP) is 2.74. The lowest BCUT2D eigenvalue weighted by molar-refractivity contribution is -0.254. The molecule has 1 N–H and O–H groups in total. The number of hydrogen-bond acceptors (Lipinski definition) is 12. The molecule has 2 aromatic rings. The van der Waals surface area contributed by atoms with Gasteiger partial charge in [0.25, 0.3) is 0 Å². The molecule has 238 valence electrons. The maximum Gasteiger partial charge on any atom is 0.303 e. The fourth-order valence-electron chi connectivity index (χ4n) is 5.36. The predicted molar refractivity (Wildman–Crippen MR) is 152 cm³/mol. The maximum atomic E-state index is 12.3. The molecule has 4 rings (SSSR count). The molecule has 0 radical (unpaired) electrons. The molecule has 0 amide bonds. The lowest BCUT2D eigenvalue weighted by atomic mass is 9.87. The van der Waals surface area contributed by atoms with Crippen LogP contribution in [0.25, 0.3) is 0 Å². The number of carbonyl (C=O) groups is 4. The average molecular weight is 615 g/mol. The van der Waals surface area contributed by atoms with Gasteiger partial charge < -0.3 is 38.3 Å². The topological polar surface area (TPSA) is 153 Å². The van der Waals surface area contributed by atoms with Crippen LogP contribution in [0, 0.1) is 0 Å². The molecule has 0 saturated carbocycles. The van der Waals surface area contributed by atoms with Crippen molar-refractivity contribution in [2.45, 2.75) is 83.8 Å². The van der Waals surface area contributed by atoms with Gasteiger partial charge in [0.2, 0.25) is 0 Å². The average Bonchev–Trinajstić information content (AvgIpc) is 3.47. The molecule has 2 saturated heterocycles. The molecule has 6 atom stereocenters. The molecular formula is C32H38O12. The van der Waals surface area contributed by atoms with Crippen LogP contribution in [0.5, 0.6) is 5.75 Å². The van der Waals surface area contributed by atoms with Crippen molar-refractivity contribution in [1.82, 2.24) is 0 Å². The number of ether oxygens (including phenoxy) is 7. The molecule has 2 aliphatic rings. The third-order valence-electron chi connectivity index (χ3n) is 7.20. The van der Waals surface area contributed by atoms with Crippen molar-refractivity contribution in [2.75, 3.05) is 19.8 Å². The van der Waals surface area contributed by atoms with Gasteiger partial charge in [-0.3, -0.25) is 19.2 Å². The molecule has 0 bridgehead atoms. The van der Waals surface area contributed by atoms with Crippen LogP contribution < -0.4 is 4.74 Å². The summed E-state index contributed by atoms with van der Waals surface area (Å²) in [6.45, 7) is 5.26. The van der Waals surface area contributed by atoms with E-state index in [9.17, 15) is 24.3 Å². The van der Waals surface area contributed by atoms with Gasteiger partial charge in [-0.1, -0.05) is 30.3 Å². The molecule has 44 heavy (non-hydrogen) atoms. The molecule has 2 heterocycles. The van der Waals surface area contributed by atoms with Gasteiger partial charge >= 0.3 is 23.9 Å². The largest absolute Gasteiger partial charge is 0.488 e. The van der Waals surface area contributed by atoms with Crippen LogP contribution in [0.15, 0.2) is 42.5 Å². The highest BCUT2D eigenvalue weighted by Gasteiger charge is 2.53. The van der Waals surface area contributed by atoms with Crippen molar-refractivity contribution in [3.05, 3.63) is 64.7 Å². The Labute approximate surface area is 255 Å². The van der Waals surface area contributed by atoms with E-state index in [1.54, 1.807) is 6.07 Å². The number of rotatable bonds is 11. The zero-order valence-electron chi connectivity index (χ0n) is 25.2. The second-order valence-corrected chi connectivity index (χ2v) is 10.7. The van der Waals surface area contributed by atoms with Crippen molar-refractivity contribution >= 4 is 23.9 Å². The van der Waals surface area contributed by atoms with Gasteiger partial charge in [0.1, 0.15) is 30.7 Å². The number of aliphatic hydroxyl groups is 1. The lowest BCUT2D eigenvalue weighted by Crippen LogP contribution is -2.59. The Balaban J connectivity index is 1.68. The Morgan fingerprint density at radius 3 is 2.05 bits per heavy atom. The highest BCUT2D eigenvalue weighted by molar-refractivity contribution is 5.69. The Kier molecular flexibility index (Phi) is 11.3. The van der Waals surface area contributed by atoms with Crippen molar-refractivity contribution in [3.63, 3.8) is 0 Å². The quantitative estimate of drug-likeness (QED) is 0.293. The van der Waals surface area contributed by atoms with E-state index in [1.807, 2.05) is 36.4 Å². The van der Waals surface area contributed by atoms with E-state index in [-0.39, 0.29) is 19.3 Å². The first-order chi connectivity index (χ1) is 21.0. The zero-order chi connectivity index (χ0) is 31.8. The molecule has 0 unspecified atom stereocenters. The SMILES string of the molecule is CC(=O)OC[C@H]1O[C@@H](c2cc(Cc3ccc(O[C@H]4CCOC4)cc3)ccc2CO)[C@H](OC(C)=O)[C@@H](OC(C)=O)[C@@H]1OC(C)=O. The number of hydrogen-bond donors (Lipinski definition) is 1. The minimum atomic E-state index is -1.31. The second kappa shape index (κ2) is 15.1. The fourth-order valence-corrected chi connectivity index (χ4v) is 5.36. The van der Waals surface area contributed by atoms with E-state index in [0.717, 1.165) is 30.2 Å². The van der Waals surface area contributed by atoms with Gasteiger partial charge in [-0.2, -0.15) is 0 Å². The molecule has 2 fully saturated rings. The summed E-state index contributed by atoms with van der Waals surface area (Å²) in [7, 11) is 0. The standard InChI is InChI=1S/C32H38O12/c1-18(34)39-17-28-30(40-19(2)35)32(42-21(4)37)31(41-20(3)36)29(44-28)27-14-23(5-8-24(27)15-33)13-22-6-9-25(10-7-22)43-26-11-12-38-16-26/h5-10,14,26,28-33H,11-13,15-17H2,1-4H3/t26-,28+,29-,30+,31-,32-/m0/s1. The molecular weight excluding hydrogens is 576 g/mol. The lowest BCUT2D eigenvalue weighted by Gasteiger charge is -2.45. The van der Waals surface area contributed by atoms with Crippen LogP contribution in [-0.2, 0) is 60.6 Å². The Morgan fingerprint density at radius 1 is 0.818 bits per heavy atom. The molecule has 2 aromatic carbocycles. The summed E-state index contributed by atoms with van der Waals surface area (Å²) in [5.41, 5.74) is 2.77. The summed E-state index contributed by atoms with van der Waals surface area (Å²) in [6, 6.07) is 13.1. The van der Waals surface area contributed by atoms with E-state index in [0.29, 0.717) is 30.8 Å². The van der Waals surface area contributed by atoms with Crippen molar-refractivity contribution < 1.29 is 57.4 Å². The van der Waals surface area contributed by atoms with Crippen LogP contribution in [0.2, 0.25) is 0 Å². The van der Waals surface area contributed by atoms with E-state index in [1.165, 1.54) is 20.8 Å². The van der Waals surface area contributed by atoms with Crippen molar-refractivity contribution in [2.24, 2.45) is 0 Å². The van der Waals surface area contributed by atoms with E-state index in [4.69, 9.17) is 33.2 Å². The van der Waals surface area contributed by atoms with Crippen LogP contribution >= 0.6 is 0 Å². The number of benzene rings is 2. The van der Waals surface area contributed by atoms with Gasteiger partial charge in [-0.25, -0.2) is 0 Å². The normalized spacial score (nSPS) is 24.7. The zero-order valence-corrected chi connectivity index (χ0v) is 25.2. The summed E-state index contributed by atoms with van der Waals surface area (Å²) >= 11 is 0. The van der Waals surface area contributed by atoms with Crippen molar-refractivity contribution in [3.8, 4) is 5.75 Å². The summed E-state index contributed by atoms with van der Waals surface area (Å²) in [4.78, 5) is 48.2. The summed E-state index contributed by atoms with van der Waals surface area (Å²) in [5.74, 6) is -1.99. The Bertz CT molecular complexity index is 1320. The third-order valence-corrected chi connectivity index (χ3v) is 7.20. The van der Waals surface area contributed by atoms with Crippen LogP contribution in [0.4, 0.5) is 0 Å². The first-order valence-electron chi connectivity index (χ1n) is 14.4. The van der Waals surface area contributed by atoms with Gasteiger partial charge in [0, 0.05) is 34.1 Å². The third kappa shape index (κ3) is 8.77. The fraction of sp³-hybridized carbons (Fsp3) is 0.500. The van der Waals surface area contributed by atoms with E-state index in [2.05, 4.69) is 0 Å². The highest BCUT2D eigenvalue weighted by Crippen LogP contribution is 2.39. The number of aliphatic hydroxyl groups excluding tert-OH is 1. The van der Waals surface area contributed by atoms with Gasteiger partial charge in [-0.15, -0.1) is 0 Å². The molecule has 0 aromatic heterocycles. The molecule has 0 spiro atoms. The van der Waals surface area contributed by atoms with Crippen molar-refractivity contribution in [1.29, 1.82) is 0 Å². The number of carbonyl (C=O) groups excluding carboxylic acids is 4. The van der Waals surface area contributed by atoms with E-state index >= 15 is 0 Å². The maximum absolute atomic E-state index is 12.3. The number of esters is 4. The highest BCUT2D eigenvalue weighted by atomic mass is 16.7. The van der Waals surface area contributed by atoms with Gasteiger partial charge in [0.05, 0.1) is 19.8 Å². The van der Waals surface area contributed by atoms with Gasteiger partial charge in [-0.05, 0) is 40.8 Å². The van der Waals surface area contributed by atoms with Gasteiger partial charge in [0.15, 0.2) is 18.3 Å². The molecule has 12 nitrogen and oxygen atoms in total. The molecule has 0 aliphatic carbocycles. The van der Waals surface area contributed by atoms with Crippen LogP contribution in [0.3, 0.4) is 0 Å². The Morgan fingerprint density at radius 2 is 1.45 bits per heavy atom. The monoisotopic (exact) mass is 614 g/mol. The summed E-state index contributed by atoms with van der Waals surface area (Å²) < 4.78 is 39.5. The first kappa shape index (κ1) is 32.9. The first-order valence-corrected chi connectivity index (χ1v) is 14.4. The molecule has 12 heteroatoms. The van der Waals surface area contributed by atoms with Crippen LogP contribution in [0.1, 0.15) is 62.5 Å². The Hall–Kier alpha value is -4.00.